The molecule has 0 atom stereocenters. The molecule has 0 unspecified atom stereocenters. The van der Waals surface area contributed by atoms with Crippen molar-refractivity contribution in [3.05, 3.63) is 36.2 Å². The topological polar surface area (TPSA) is 53.1 Å². The van der Waals surface area contributed by atoms with Crippen LogP contribution in [0.5, 0.6) is 0 Å². The first-order chi connectivity index (χ1) is 10.2. The molecule has 2 N–H and O–H groups in total. The molecule has 5 heteroatoms. The van der Waals surface area contributed by atoms with Gasteiger partial charge in [-0.1, -0.05) is 0 Å². The minimum atomic E-state index is 0.740. The van der Waals surface area contributed by atoms with Crippen LogP contribution in [0.15, 0.2) is 30.3 Å². The smallest absolute Gasteiger partial charge is 0.136 e. The van der Waals surface area contributed by atoms with E-state index in [1.54, 1.807) is 0 Å². The van der Waals surface area contributed by atoms with Crippen LogP contribution in [-0.4, -0.2) is 30.1 Å². The van der Waals surface area contributed by atoms with Crippen molar-refractivity contribution in [2.24, 2.45) is 0 Å². The predicted molar refractivity (Wildman–Crippen MR) is 89.6 cm³/mol. The van der Waals surface area contributed by atoms with E-state index in [-0.39, 0.29) is 0 Å². The highest BCUT2D eigenvalue weighted by Crippen LogP contribution is 2.21. The van der Waals surface area contributed by atoms with Crippen LogP contribution in [0.4, 0.5) is 23.0 Å². The Bertz CT molecular complexity index is 576. The first-order valence-electron chi connectivity index (χ1n) is 7.31. The van der Waals surface area contributed by atoms with Gasteiger partial charge in [-0.25, -0.2) is 9.97 Å². The average molecular weight is 285 g/mol. The summed E-state index contributed by atoms with van der Waals surface area (Å²) in [5, 5.41) is 6.35. The minimum Gasteiger partial charge on any atom is -0.373 e. The van der Waals surface area contributed by atoms with Gasteiger partial charge >= 0.3 is 0 Å². The maximum absolute atomic E-state index is 4.39. The molecular weight excluding hydrogens is 262 g/mol. The summed E-state index contributed by atoms with van der Waals surface area (Å²) in [4.78, 5) is 11.0. The fourth-order valence-electron chi connectivity index (χ4n) is 2.25. The van der Waals surface area contributed by atoms with Crippen LogP contribution in [-0.2, 0) is 0 Å². The Balaban J connectivity index is 2.15. The summed E-state index contributed by atoms with van der Waals surface area (Å²) in [7, 11) is 1.85. The second-order valence-corrected chi connectivity index (χ2v) is 4.78. The maximum atomic E-state index is 4.39. The molecule has 0 saturated carbocycles. The van der Waals surface area contributed by atoms with Crippen LogP contribution in [0.1, 0.15) is 19.7 Å². The Labute approximate surface area is 126 Å². The number of hydrogen-bond acceptors (Lipinski definition) is 5. The zero-order valence-electron chi connectivity index (χ0n) is 13.1. The van der Waals surface area contributed by atoms with E-state index in [1.807, 2.05) is 20.0 Å². The fraction of sp³-hybridized carbons (Fsp3) is 0.375. The highest BCUT2D eigenvalue weighted by atomic mass is 15.1. The molecular formula is C16H23N5. The lowest BCUT2D eigenvalue weighted by atomic mass is 10.2. The van der Waals surface area contributed by atoms with Gasteiger partial charge < -0.3 is 15.5 Å². The number of benzene rings is 1. The Morgan fingerprint density at radius 3 is 2.19 bits per heavy atom. The number of nitrogens with zero attached hydrogens (tertiary/aromatic N) is 3. The van der Waals surface area contributed by atoms with Crippen LogP contribution in [0.2, 0.25) is 0 Å². The van der Waals surface area contributed by atoms with Crippen molar-refractivity contribution < 1.29 is 0 Å². The fourth-order valence-corrected chi connectivity index (χ4v) is 2.25. The van der Waals surface area contributed by atoms with Gasteiger partial charge in [0.05, 0.1) is 0 Å². The second kappa shape index (κ2) is 6.92. The van der Waals surface area contributed by atoms with Crippen molar-refractivity contribution in [1.82, 2.24) is 9.97 Å². The summed E-state index contributed by atoms with van der Waals surface area (Å²) >= 11 is 0. The van der Waals surface area contributed by atoms with Crippen molar-refractivity contribution in [3.8, 4) is 0 Å². The molecule has 0 bridgehead atoms. The largest absolute Gasteiger partial charge is 0.373 e. The summed E-state index contributed by atoms with van der Waals surface area (Å²) in [6.07, 6.45) is 0. The number of anilines is 4. The Morgan fingerprint density at radius 2 is 1.62 bits per heavy atom. The number of aryl methyl sites for hydroxylation is 1. The lowest BCUT2D eigenvalue weighted by Gasteiger charge is -2.21. The van der Waals surface area contributed by atoms with Gasteiger partial charge in [0.25, 0.3) is 0 Å². The third-order valence-electron chi connectivity index (χ3n) is 3.36. The molecule has 0 spiro atoms. The van der Waals surface area contributed by atoms with Gasteiger partial charge in [0.1, 0.15) is 17.5 Å². The van der Waals surface area contributed by atoms with Crippen molar-refractivity contribution >= 4 is 23.0 Å². The third kappa shape index (κ3) is 3.84. The molecule has 0 aliphatic heterocycles. The van der Waals surface area contributed by atoms with Crippen molar-refractivity contribution in [3.63, 3.8) is 0 Å². The molecule has 2 rings (SSSR count). The Kier molecular flexibility index (Phi) is 4.98. The maximum Gasteiger partial charge on any atom is 0.136 e. The van der Waals surface area contributed by atoms with Gasteiger partial charge in [-0.15, -0.1) is 0 Å². The monoisotopic (exact) mass is 285 g/mol. The zero-order valence-corrected chi connectivity index (χ0v) is 13.1. The number of hydrogen-bond donors (Lipinski definition) is 2. The summed E-state index contributed by atoms with van der Waals surface area (Å²) < 4.78 is 0. The van der Waals surface area contributed by atoms with E-state index in [1.165, 1.54) is 5.69 Å². The highest BCUT2D eigenvalue weighted by molar-refractivity contribution is 5.62. The van der Waals surface area contributed by atoms with E-state index in [9.17, 15) is 0 Å². The molecule has 5 nitrogen and oxygen atoms in total. The molecule has 21 heavy (non-hydrogen) atoms. The molecule has 0 fully saturated rings. The van der Waals surface area contributed by atoms with E-state index in [0.29, 0.717) is 0 Å². The summed E-state index contributed by atoms with van der Waals surface area (Å²) in [5.74, 6) is 2.34. The molecule has 1 aromatic heterocycles. The van der Waals surface area contributed by atoms with Crippen LogP contribution >= 0.6 is 0 Å². The molecule has 1 aromatic carbocycles. The van der Waals surface area contributed by atoms with Gasteiger partial charge in [-0.05, 0) is 45.0 Å². The average Bonchev–Trinajstić information content (AvgIpc) is 2.49. The number of nitrogens with one attached hydrogen (secondary N) is 2. The van der Waals surface area contributed by atoms with Crippen molar-refractivity contribution in [1.29, 1.82) is 0 Å². The van der Waals surface area contributed by atoms with E-state index >= 15 is 0 Å². The highest BCUT2D eigenvalue weighted by Gasteiger charge is 2.03. The first-order valence-corrected chi connectivity index (χ1v) is 7.31. The molecule has 0 aliphatic carbocycles. The predicted octanol–water partition coefficient (Wildman–Crippen LogP) is 3.42. The second-order valence-electron chi connectivity index (χ2n) is 4.78. The molecule has 0 saturated heterocycles. The lowest BCUT2D eigenvalue weighted by Crippen LogP contribution is -2.21. The Hall–Kier alpha value is -2.30. The van der Waals surface area contributed by atoms with Crippen molar-refractivity contribution in [2.75, 3.05) is 35.7 Å². The van der Waals surface area contributed by atoms with Crippen LogP contribution in [0.3, 0.4) is 0 Å². The summed E-state index contributed by atoms with van der Waals surface area (Å²) in [6, 6.07) is 10.3. The van der Waals surface area contributed by atoms with Crippen molar-refractivity contribution in [2.45, 2.75) is 20.8 Å². The minimum absolute atomic E-state index is 0.740. The third-order valence-corrected chi connectivity index (χ3v) is 3.36. The molecule has 1 heterocycles. The van der Waals surface area contributed by atoms with Gasteiger partial charge in [-0.3, -0.25) is 0 Å². The van der Waals surface area contributed by atoms with Gasteiger partial charge in [0, 0.05) is 37.6 Å². The SMILES string of the molecule is CCN(CC)c1ccc(Nc2cc(NC)nc(C)n2)cc1. The molecule has 0 aliphatic rings. The molecule has 112 valence electrons. The van der Waals surface area contributed by atoms with Gasteiger partial charge in [0.2, 0.25) is 0 Å². The molecule has 2 aromatic rings. The van der Waals surface area contributed by atoms with E-state index in [2.05, 4.69) is 63.6 Å². The van der Waals surface area contributed by atoms with Gasteiger partial charge in [0.15, 0.2) is 0 Å². The zero-order chi connectivity index (χ0) is 15.2. The van der Waals surface area contributed by atoms with Gasteiger partial charge in [-0.2, -0.15) is 0 Å². The van der Waals surface area contributed by atoms with Crippen LogP contribution in [0.25, 0.3) is 0 Å². The van der Waals surface area contributed by atoms with E-state index in [0.717, 1.165) is 36.2 Å². The molecule has 0 amide bonds. The quantitative estimate of drug-likeness (QED) is 0.851. The lowest BCUT2D eigenvalue weighted by molar-refractivity contribution is 0.866. The standard InChI is InChI=1S/C16H23N5/c1-5-21(6-2)14-9-7-13(8-10-14)20-16-11-15(17-4)18-12(3)19-16/h7-11H,5-6H2,1-4H3,(H2,17,18,19,20). The number of rotatable bonds is 6. The first kappa shape index (κ1) is 15.1. The molecule has 0 radical (unpaired) electrons. The summed E-state index contributed by atoms with van der Waals surface area (Å²) in [5.41, 5.74) is 2.26. The Morgan fingerprint density at radius 1 is 1.00 bits per heavy atom. The summed E-state index contributed by atoms with van der Waals surface area (Å²) in [6.45, 7) is 8.24. The number of aromatic nitrogens is 2. The van der Waals surface area contributed by atoms with Crippen LogP contribution in [0, 0.1) is 6.92 Å². The van der Waals surface area contributed by atoms with Crippen LogP contribution < -0.4 is 15.5 Å². The van der Waals surface area contributed by atoms with E-state index in [4.69, 9.17) is 0 Å². The normalized spacial score (nSPS) is 10.3. The van der Waals surface area contributed by atoms with E-state index < -0.39 is 0 Å².